The Bertz CT molecular complexity index is 1180. The largest absolute Gasteiger partial charge is 0.462 e. The molecule has 1 aromatic rings. The van der Waals surface area contributed by atoms with E-state index in [4.69, 9.17) is 4.74 Å². The number of benzene rings is 1. The van der Waals surface area contributed by atoms with E-state index < -0.39 is 17.6 Å². The number of fused-ring (bicyclic) bond motifs is 4. The van der Waals surface area contributed by atoms with Gasteiger partial charge < -0.3 is 20.1 Å². The molecule has 10 atom stereocenters. The van der Waals surface area contributed by atoms with Crippen molar-refractivity contribution in [1.82, 2.24) is 10.2 Å². The van der Waals surface area contributed by atoms with Crippen molar-refractivity contribution in [1.29, 1.82) is 0 Å². The van der Waals surface area contributed by atoms with Gasteiger partial charge >= 0.3 is 5.97 Å². The third kappa shape index (κ3) is 4.97. The number of ether oxygens (including phenoxy) is 1. The predicted molar refractivity (Wildman–Crippen MR) is 162 cm³/mol. The zero-order valence-corrected chi connectivity index (χ0v) is 26.4. The molecule has 41 heavy (non-hydrogen) atoms. The average Bonchev–Trinajstić information content (AvgIpc) is 3.07. The number of aliphatic hydroxyl groups is 1. The van der Waals surface area contributed by atoms with Crippen LogP contribution < -0.4 is 5.32 Å². The number of hydrogen-bond acceptors (Lipinski definition) is 5. The third-order valence-electron chi connectivity index (χ3n) is 12.6. The molecule has 0 spiro atoms. The van der Waals surface area contributed by atoms with Gasteiger partial charge in [-0.25, -0.2) is 0 Å². The summed E-state index contributed by atoms with van der Waals surface area (Å²) in [6.07, 6.45) is 7.46. The van der Waals surface area contributed by atoms with E-state index in [0.29, 0.717) is 29.4 Å². The van der Waals surface area contributed by atoms with E-state index in [1.54, 1.807) is 12.1 Å². The fraction of sp³-hybridized carbons (Fsp3) is 0.714. The van der Waals surface area contributed by atoms with Gasteiger partial charge in [-0.2, -0.15) is 0 Å². The Labute approximate surface area is 247 Å². The second kappa shape index (κ2) is 10.8. The topological polar surface area (TPSA) is 78.9 Å². The van der Waals surface area contributed by atoms with Crippen LogP contribution in [0, 0.1) is 39.9 Å². The SMILES string of the molecule is CC(=O)O[C@H]1C[C@@H]2[C@H](CC[C@]3(C)[C@@H]([C@H](C)N(C)C)CC[C@@]23C)CC2=C[C@@H](O)[C@H](NC(=O)c3ccccc3)C(C)(C)[C@@H]21. The van der Waals surface area contributed by atoms with Crippen molar-refractivity contribution in [3.8, 4) is 0 Å². The highest BCUT2D eigenvalue weighted by molar-refractivity contribution is 5.94. The van der Waals surface area contributed by atoms with Gasteiger partial charge in [-0.3, -0.25) is 9.59 Å². The number of aliphatic hydroxyl groups excluding tert-OH is 1. The molecule has 3 fully saturated rings. The molecule has 4 aliphatic carbocycles. The van der Waals surface area contributed by atoms with Crippen LogP contribution in [0.1, 0.15) is 90.4 Å². The molecule has 6 heteroatoms. The maximum Gasteiger partial charge on any atom is 0.302 e. The quantitative estimate of drug-likeness (QED) is 0.346. The summed E-state index contributed by atoms with van der Waals surface area (Å²) < 4.78 is 6.26. The van der Waals surface area contributed by atoms with E-state index in [-0.39, 0.29) is 34.7 Å². The van der Waals surface area contributed by atoms with Crippen molar-refractivity contribution in [3.63, 3.8) is 0 Å². The molecule has 0 bridgehead atoms. The van der Waals surface area contributed by atoms with Gasteiger partial charge in [-0.15, -0.1) is 0 Å². The van der Waals surface area contributed by atoms with Gasteiger partial charge in [0.05, 0.1) is 12.1 Å². The van der Waals surface area contributed by atoms with Gasteiger partial charge in [0, 0.05) is 24.4 Å². The van der Waals surface area contributed by atoms with Crippen molar-refractivity contribution >= 4 is 11.9 Å². The lowest BCUT2D eigenvalue weighted by Crippen LogP contribution is -2.59. The van der Waals surface area contributed by atoms with E-state index in [9.17, 15) is 14.7 Å². The summed E-state index contributed by atoms with van der Waals surface area (Å²) in [4.78, 5) is 28.2. The van der Waals surface area contributed by atoms with E-state index in [1.807, 2.05) is 24.3 Å². The number of esters is 1. The van der Waals surface area contributed by atoms with Crippen LogP contribution in [-0.2, 0) is 9.53 Å². The fourth-order valence-electron chi connectivity index (χ4n) is 10.1. The van der Waals surface area contributed by atoms with Crippen molar-refractivity contribution < 1.29 is 19.4 Å². The molecular formula is C35H52N2O4. The third-order valence-corrected chi connectivity index (χ3v) is 12.6. The second-order valence-corrected chi connectivity index (χ2v) is 15.0. The van der Waals surface area contributed by atoms with E-state index in [0.717, 1.165) is 19.3 Å². The molecule has 0 unspecified atom stereocenters. The van der Waals surface area contributed by atoms with Gasteiger partial charge in [-0.1, -0.05) is 57.5 Å². The molecule has 5 rings (SSSR count). The fourth-order valence-corrected chi connectivity index (χ4v) is 10.1. The zero-order chi connectivity index (χ0) is 29.9. The molecule has 2 N–H and O–H groups in total. The highest BCUT2D eigenvalue weighted by Gasteiger charge is 2.64. The highest BCUT2D eigenvalue weighted by Crippen LogP contribution is 2.70. The summed E-state index contributed by atoms with van der Waals surface area (Å²) >= 11 is 0. The van der Waals surface area contributed by atoms with E-state index >= 15 is 0 Å². The number of nitrogens with one attached hydrogen (secondary N) is 1. The number of carbonyl (C=O) groups is 2. The Morgan fingerprint density at radius 1 is 1.05 bits per heavy atom. The molecule has 0 aliphatic heterocycles. The van der Waals surface area contributed by atoms with Crippen LogP contribution >= 0.6 is 0 Å². The Morgan fingerprint density at radius 3 is 2.34 bits per heavy atom. The first-order valence-corrected chi connectivity index (χ1v) is 15.8. The Kier molecular flexibility index (Phi) is 8.00. The minimum absolute atomic E-state index is 0.0748. The highest BCUT2D eigenvalue weighted by atomic mass is 16.5. The summed E-state index contributed by atoms with van der Waals surface area (Å²) in [7, 11) is 4.41. The first kappa shape index (κ1) is 30.3. The van der Waals surface area contributed by atoms with Gasteiger partial charge in [0.15, 0.2) is 0 Å². The van der Waals surface area contributed by atoms with Crippen LogP contribution in [0.3, 0.4) is 0 Å². The van der Waals surface area contributed by atoms with Crippen LogP contribution in [0.5, 0.6) is 0 Å². The summed E-state index contributed by atoms with van der Waals surface area (Å²) in [5.41, 5.74) is 1.63. The maximum absolute atomic E-state index is 13.2. The average molecular weight is 565 g/mol. The Hall–Kier alpha value is -2.18. The number of amides is 1. The lowest BCUT2D eigenvalue weighted by Gasteiger charge is -2.57. The van der Waals surface area contributed by atoms with Crippen molar-refractivity contribution in [2.24, 2.45) is 39.9 Å². The predicted octanol–water partition coefficient (Wildman–Crippen LogP) is 5.85. The molecule has 226 valence electrons. The number of rotatable bonds is 5. The summed E-state index contributed by atoms with van der Waals surface area (Å²) in [6, 6.07) is 9.18. The monoisotopic (exact) mass is 564 g/mol. The minimum atomic E-state index is -0.806. The smallest absolute Gasteiger partial charge is 0.302 e. The van der Waals surface area contributed by atoms with Crippen molar-refractivity contribution in [3.05, 3.63) is 47.5 Å². The van der Waals surface area contributed by atoms with Gasteiger partial charge in [0.2, 0.25) is 0 Å². The Balaban J connectivity index is 1.50. The summed E-state index contributed by atoms with van der Waals surface area (Å²) in [5.74, 6) is 1.04. The lowest BCUT2D eigenvalue weighted by atomic mass is 9.48. The van der Waals surface area contributed by atoms with Crippen LogP contribution in [0.2, 0.25) is 0 Å². The van der Waals surface area contributed by atoms with Crippen molar-refractivity contribution in [2.75, 3.05) is 14.1 Å². The van der Waals surface area contributed by atoms with Gasteiger partial charge in [0.25, 0.3) is 5.91 Å². The standard InChI is InChI=1S/C35H52N2O4/c1-21(37(7)8)26-15-17-35(6)27-20-29(41-22(2)38)30-25(18-24(27)14-16-34(26,35)5)19-28(39)31(33(30,3)4)36-32(40)23-12-10-9-11-13-23/h9-13,19,21,24,26-31,39H,14-18,20H2,1-8H3,(H,36,40)/t21-,24+,26+,27+,28+,29-,30-,31-,34+,35-/m0/s1. The van der Waals surface area contributed by atoms with Crippen LogP contribution in [0.4, 0.5) is 0 Å². The van der Waals surface area contributed by atoms with E-state index in [1.165, 1.54) is 31.8 Å². The number of nitrogens with zero attached hydrogens (tertiary/aromatic N) is 1. The first-order valence-electron chi connectivity index (χ1n) is 15.8. The minimum Gasteiger partial charge on any atom is -0.462 e. The van der Waals surface area contributed by atoms with Gasteiger partial charge in [0.1, 0.15) is 6.10 Å². The first-order chi connectivity index (χ1) is 19.2. The molecule has 0 saturated heterocycles. The molecule has 3 saturated carbocycles. The number of carbonyl (C=O) groups excluding carboxylic acids is 2. The van der Waals surface area contributed by atoms with Gasteiger partial charge in [-0.05, 0) is 106 Å². The zero-order valence-electron chi connectivity index (χ0n) is 26.4. The van der Waals surface area contributed by atoms with Crippen LogP contribution in [0.25, 0.3) is 0 Å². The number of hydrogen-bond donors (Lipinski definition) is 2. The normalized spacial score (nSPS) is 40.3. The van der Waals surface area contributed by atoms with E-state index in [2.05, 4.69) is 58.9 Å². The maximum atomic E-state index is 13.2. The lowest BCUT2D eigenvalue weighted by molar-refractivity contribution is -0.156. The Morgan fingerprint density at radius 2 is 1.71 bits per heavy atom. The molecule has 0 aromatic heterocycles. The molecule has 1 amide bonds. The molecule has 1 aromatic carbocycles. The molecular weight excluding hydrogens is 512 g/mol. The van der Waals surface area contributed by atoms with Crippen LogP contribution in [0.15, 0.2) is 42.0 Å². The molecule has 6 nitrogen and oxygen atoms in total. The summed E-state index contributed by atoms with van der Waals surface area (Å²) in [5, 5.41) is 14.6. The van der Waals surface area contributed by atoms with Crippen LogP contribution in [-0.4, -0.2) is 60.3 Å². The molecule has 0 radical (unpaired) electrons. The second-order valence-electron chi connectivity index (χ2n) is 15.0. The molecule has 4 aliphatic rings. The molecule has 0 heterocycles. The summed E-state index contributed by atoms with van der Waals surface area (Å²) in [6.45, 7) is 13.2. The van der Waals surface area contributed by atoms with Crippen molar-refractivity contribution in [2.45, 2.75) is 104 Å².